The van der Waals surface area contributed by atoms with E-state index in [1.165, 1.54) is 10.4 Å². The molecule has 0 saturated heterocycles. The summed E-state index contributed by atoms with van der Waals surface area (Å²) in [4.78, 5) is 16.3. The summed E-state index contributed by atoms with van der Waals surface area (Å²) in [5.41, 5.74) is 5.69. The SMILES string of the molecule is Cc1nn(C)c(C)c1-c1cc(C(=O)N2CCc3sccc3C2)n(C)n1. The summed E-state index contributed by atoms with van der Waals surface area (Å²) in [5.74, 6) is 0.0392. The van der Waals surface area contributed by atoms with E-state index >= 15 is 0 Å². The highest BCUT2D eigenvalue weighted by atomic mass is 32.1. The quantitative estimate of drug-likeness (QED) is 0.710. The number of rotatable bonds is 2. The Morgan fingerprint density at radius 3 is 2.72 bits per heavy atom. The highest BCUT2D eigenvalue weighted by Crippen LogP contribution is 2.28. The maximum absolute atomic E-state index is 13.0. The minimum Gasteiger partial charge on any atom is -0.333 e. The maximum Gasteiger partial charge on any atom is 0.272 e. The smallest absolute Gasteiger partial charge is 0.272 e. The average molecular weight is 355 g/mol. The fourth-order valence-corrected chi connectivity index (χ4v) is 4.41. The first-order chi connectivity index (χ1) is 12.0. The third kappa shape index (κ3) is 2.59. The molecule has 25 heavy (non-hydrogen) atoms. The molecule has 1 amide bonds. The summed E-state index contributed by atoms with van der Waals surface area (Å²) in [6.07, 6.45) is 0.935. The lowest BCUT2D eigenvalue weighted by molar-refractivity contribution is 0.0724. The zero-order chi connectivity index (χ0) is 17.7. The molecule has 0 spiro atoms. The van der Waals surface area contributed by atoms with Crippen molar-refractivity contribution in [2.45, 2.75) is 26.8 Å². The van der Waals surface area contributed by atoms with Gasteiger partial charge in [0.25, 0.3) is 5.91 Å². The Labute approximate surface area is 150 Å². The lowest BCUT2D eigenvalue weighted by atomic mass is 10.1. The molecule has 0 N–H and O–H groups in total. The number of hydrogen-bond acceptors (Lipinski definition) is 4. The van der Waals surface area contributed by atoms with Gasteiger partial charge in [-0.1, -0.05) is 0 Å². The first kappa shape index (κ1) is 16.1. The molecule has 0 bridgehead atoms. The van der Waals surface area contributed by atoms with Crippen molar-refractivity contribution in [3.8, 4) is 11.3 Å². The van der Waals surface area contributed by atoms with Gasteiger partial charge in [0, 0.05) is 43.3 Å². The van der Waals surface area contributed by atoms with E-state index in [1.54, 1.807) is 16.0 Å². The summed E-state index contributed by atoms with van der Waals surface area (Å²) in [6, 6.07) is 4.01. The van der Waals surface area contributed by atoms with Crippen LogP contribution in [0.2, 0.25) is 0 Å². The second kappa shape index (κ2) is 5.84. The normalized spacial score (nSPS) is 14.0. The van der Waals surface area contributed by atoms with Crippen molar-refractivity contribution in [3.63, 3.8) is 0 Å². The van der Waals surface area contributed by atoms with Crippen molar-refractivity contribution in [2.24, 2.45) is 14.1 Å². The highest BCUT2D eigenvalue weighted by Gasteiger charge is 2.26. The number of carbonyl (C=O) groups excluding carboxylic acids is 1. The fourth-order valence-electron chi connectivity index (χ4n) is 3.52. The van der Waals surface area contributed by atoms with Crippen molar-refractivity contribution in [2.75, 3.05) is 6.54 Å². The summed E-state index contributed by atoms with van der Waals surface area (Å²) >= 11 is 1.78. The van der Waals surface area contributed by atoms with Crippen molar-refractivity contribution < 1.29 is 4.79 Å². The van der Waals surface area contributed by atoms with Crippen LogP contribution in [-0.2, 0) is 27.1 Å². The van der Waals surface area contributed by atoms with Crippen LogP contribution in [0.3, 0.4) is 0 Å². The predicted octanol–water partition coefficient (Wildman–Crippen LogP) is 2.70. The van der Waals surface area contributed by atoms with Crippen LogP contribution < -0.4 is 0 Å². The lowest BCUT2D eigenvalue weighted by Crippen LogP contribution is -2.36. The molecule has 6 nitrogen and oxygen atoms in total. The maximum atomic E-state index is 13.0. The molecule has 0 aliphatic carbocycles. The first-order valence-corrected chi connectivity index (χ1v) is 9.22. The van der Waals surface area contributed by atoms with Crippen LogP contribution in [0.15, 0.2) is 17.5 Å². The third-order valence-electron chi connectivity index (χ3n) is 4.96. The lowest BCUT2D eigenvalue weighted by Gasteiger charge is -2.26. The van der Waals surface area contributed by atoms with Gasteiger partial charge in [-0.15, -0.1) is 11.3 Å². The Morgan fingerprint density at radius 2 is 2.00 bits per heavy atom. The number of thiophene rings is 1. The van der Waals surface area contributed by atoms with E-state index in [-0.39, 0.29) is 5.91 Å². The second-order valence-corrected chi connectivity index (χ2v) is 7.55. The molecule has 4 rings (SSSR count). The largest absolute Gasteiger partial charge is 0.333 e. The van der Waals surface area contributed by atoms with E-state index in [0.717, 1.165) is 35.6 Å². The third-order valence-corrected chi connectivity index (χ3v) is 5.98. The Kier molecular flexibility index (Phi) is 3.76. The molecular weight excluding hydrogens is 334 g/mol. The molecule has 0 radical (unpaired) electrons. The van der Waals surface area contributed by atoms with Crippen LogP contribution in [0.5, 0.6) is 0 Å². The summed E-state index contributed by atoms with van der Waals surface area (Å²) in [6.45, 7) is 5.44. The van der Waals surface area contributed by atoms with Crippen LogP contribution >= 0.6 is 11.3 Å². The molecule has 4 heterocycles. The van der Waals surface area contributed by atoms with Gasteiger partial charge in [0.1, 0.15) is 5.69 Å². The van der Waals surface area contributed by atoms with Gasteiger partial charge in [0.05, 0.1) is 11.4 Å². The molecule has 1 aliphatic rings. The van der Waals surface area contributed by atoms with Gasteiger partial charge in [0.15, 0.2) is 0 Å². The van der Waals surface area contributed by atoms with Gasteiger partial charge >= 0.3 is 0 Å². The predicted molar refractivity (Wildman–Crippen MR) is 97.6 cm³/mol. The van der Waals surface area contributed by atoms with Crippen molar-refractivity contribution in [3.05, 3.63) is 45.0 Å². The standard InChI is InChI=1S/C18H21N5OS/c1-11-17(12(2)21(3)19-11)14-9-15(22(4)20-14)18(24)23-7-5-16-13(10-23)6-8-25-16/h6,8-9H,5,7,10H2,1-4H3. The summed E-state index contributed by atoms with van der Waals surface area (Å²) in [5, 5.41) is 11.1. The van der Waals surface area contributed by atoms with Crippen LogP contribution in [0.1, 0.15) is 32.3 Å². The molecule has 0 unspecified atom stereocenters. The topological polar surface area (TPSA) is 56.0 Å². The molecule has 0 atom stereocenters. The zero-order valence-electron chi connectivity index (χ0n) is 14.9. The molecule has 1 aliphatic heterocycles. The Morgan fingerprint density at radius 1 is 1.20 bits per heavy atom. The van der Waals surface area contributed by atoms with Crippen molar-refractivity contribution >= 4 is 17.2 Å². The zero-order valence-corrected chi connectivity index (χ0v) is 15.7. The summed E-state index contributed by atoms with van der Waals surface area (Å²) < 4.78 is 3.54. The molecule has 3 aromatic rings. The number of fused-ring (bicyclic) bond motifs is 1. The molecule has 130 valence electrons. The molecule has 0 fully saturated rings. The van der Waals surface area contributed by atoms with E-state index in [1.807, 2.05) is 43.6 Å². The van der Waals surface area contributed by atoms with E-state index in [0.29, 0.717) is 12.2 Å². The number of amides is 1. The van der Waals surface area contributed by atoms with Gasteiger partial charge in [-0.2, -0.15) is 10.2 Å². The summed E-state index contributed by atoms with van der Waals surface area (Å²) in [7, 11) is 3.75. The van der Waals surface area contributed by atoms with E-state index < -0.39 is 0 Å². The number of aromatic nitrogens is 4. The van der Waals surface area contributed by atoms with Gasteiger partial charge < -0.3 is 4.90 Å². The second-order valence-electron chi connectivity index (χ2n) is 6.55. The van der Waals surface area contributed by atoms with E-state index in [2.05, 4.69) is 21.6 Å². The van der Waals surface area contributed by atoms with Gasteiger partial charge in [-0.3, -0.25) is 14.2 Å². The van der Waals surface area contributed by atoms with Crippen molar-refractivity contribution in [1.82, 2.24) is 24.5 Å². The van der Waals surface area contributed by atoms with E-state index in [4.69, 9.17) is 0 Å². The van der Waals surface area contributed by atoms with Crippen LogP contribution in [-0.4, -0.2) is 36.9 Å². The van der Waals surface area contributed by atoms with Gasteiger partial charge in [-0.25, -0.2) is 0 Å². The van der Waals surface area contributed by atoms with Crippen LogP contribution in [0.4, 0.5) is 0 Å². The monoisotopic (exact) mass is 355 g/mol. The Hall–Kier alpha value is -2.41. The Balaban J connectivity index is 1.66. The van der Waals surface area contributed by atoms with E-state index in [9.17, 15) is 4.79 Å². The molecule has 3 aromatic heterocycles. The first-order valence-electron chi connectivity index (χ1n) is 8.35. The van der Waals surface area contributed by atoms with Crippen molar-refractivity contribution in [1.29, 1.82) is 0 Å². The molecule has 7 heteroatoms. The highest BCUT2D eigenvalue weighted by molar-refractivity contribution is 7.10. The van der Waals surface area contributed by atoms with Crippen LogP contribution in [0, 0.1) is 13.8 Å². The minimum atomic E-state index is 0.0392. The average Bonchev–Trinajstić information content (AvgIpc) is 3.25. The Bertz CT molecular complexity index is 964. The molecule has 0 aromatic carbocycles. The number of carbonyl (C=O) groups is 1. The number of nitrogens with zero attached hydrogens (tertiary/aromatic N) is 5. The number of aryl methyl sites for hydroxylation is 3. The molecule has 0 saturated carbocycles. The number of hydrogen-bond donors (Lipinski definition) is 0. The van der Waals surface area contributed by atoms with Gasteiger partial charge in [-0.05, 0) is 43.3 Å². The molecular formula is C18H21N5OS. The van der Waals surface area contributed by atoms with Gasteiger partial charge in [0.2, 0.25) is 0 Å². The van der Waals surface area contributed by atoms with Crippen LogP contribution in [0.25, 0.3) is 11.3 Å². The fraction of sp³-hybridized carbons (Fsp3) is 0.389. The minimum absolute atomic E-state index is 0.0392.